The van der Waals surface area contributed by atoms with E-state index in [2.05, 4.69) is 10.6 Å². The third kappa shape index (κ3) is 4.42. The molecule has 1 atom stereocenters. The van der Waals surface area contributed by atoms with Gasteiger partial charge in [0.25, 0.3) is 0 Å². The molecule has 0 saturated heterocycles. The number of hydrogen-bond acceptors (Lipinski definition) is 3. The van der Waals surface area contributed by atoms with Gasteiger partial charge in [0, 0.05) is 6.54 Å². The average molecular weight is 326 g/mol. The second-order valence-corrected chi connectivity index (χ2v) is 5.27. The van der Waals surface area contributed by atoms with Gasteiger partial charge in [-0.3, -0.25) is 9.59 Å². The fraction of sp³-hybridized carbons (Fsp3) is 0.167. The fourth-order valence-corrected chi connectivity index (χ4v) is 2.08. The van der Waals surface area contributed by atoms with E-state index in [1.807, 2.05) is 30.3 Å². The molecule has 6 nitrogen and oxygen atoms in total. The maximum atomic E-state index is 12.2. The van der Waals surface area contributed by atoms with Crippen LogP contribution in [0.1, 0.15) is 22.8 Å². The molecular formula is C18H18N2O4. The Kier molecular flexibility index (Phi) is 5.68. The number of aromatic carboxylic acids is 1. The molecule has 0 aromatic heterocycles. The predicted molar refractivity (Wildman–Crippen MR) is 89.5 cm³/mol. The van der Waals surface area contributed by atoms with Gasteiger partial charge in [0.2, 0.25) is 11.8 Å². The zero-order chi connectivity index (χ0) is 17.5. The first kappa shape index (κ1) is 17.2. The van der Waals surface area contributed by atoms with Crippen molar-refractivity contribution in [1.82, 2.24) is 5.32 Å². The van der Waals surface area contributed by atoms with Crippen LogP contribution in [0.3, 0.4) is 0 Å². The highest BCUT2D eigenvalue weighted by molar-refractivity contribution is 6.08. The Balaban J connectivity index is 1.97. The number of nitrogens with one attached hydrogen (secondary N) is 2. The molecule has 0 saturated carbocycles. The second-order valence-electron chi connectivity index (χ2n) is 5.27. The van der Waals surface area contributed by atoms with Crippen molar-refractivity contribution >= 4 is 23.5 Å². The first-order valence-electron chi connectivity index (χ1n) is 7.44. The van der Waals surface area contributed by atoms with E-state index in [0.29, 0.717) is 6.54 Å². The molecule has 2 amide bonds. The van der Waals surface area contributed by atoms with Gasteiger partial charge in [0.1, 0.15) is 5.92 Å². The van der Waals surface area contributed by atoms with E-state index in [1.54, 1.807) is 12.1 Å². The maximum Gasteiger partial charge on any atom is 0.337 e. The molecule has 124 valence electrons. The lowest BCUT2D eigenvalue weighted by Crippen LogP contribution is -2.36. The van der Waals surface area contributed by atoms with E-state index >= 15 is 0 Å². The van der Waals surface area contributed by atoms with Crippen LogP contribution in [0.2, 0.25) is 0 Å². The summed E-state index contributed by atoms with van der Waals surface area (Å²) in [6.07, 6.45) is 0. The largest absolute Gasteiger partial charge is 0.478 e. The lowest BCUT2D eigenvalue weighted by molar-refractivity contribution is -0.131. The molecule has 2 rings (SSSR count). The Bertz CT molecular complexity index is 744. The van der Waals surface area contributed by atoms with Crippen LogP contribution in [-0.2, 0) is 16.1 Å². The van der Waals surface area contributed by atoms with E-state index in [4.69, 9.17) is 5.11 Å². The molecular weight excluding hydrogens is 308 g/mol. The quantitative estimate of drug-likeness (QED) is 0.710. The molecule has 0 fully saturated rings. The monoisotopic (exact) mass is 326 g/mol. The van der Waals surface area contributed by atoms with Crippen LogP contribution in [0, 0.1) is 5.92 Å². The van der Waals surface area contributed by atoms with Crippen LogP contribution in [0.4, 0.5) is 5.69 Å². The van der Waals surface area contributed by atoms with Gasteiger partial charge in [-0.2, -0.15) is 0 Å². The number of carbonyl (C=O) groups is 3. The third-order valence-electron chi connectivity index (χ3n) is 3.51. The standard InChI is InChI=1S/C18H18N2O4/c1-12(16(21)19-11-13-7-3-2-4-8-13)17(22)20-15-10-6-5-9-14(15)18(23)24/h2-10,12H,11H2,1H3,(H,19,21)(H,20,22)(H,23,24). The highest BCUT2D eigenvalue weighted by Crippen LogP contribution is 2.16. The summed E-state index contributed by atoms with van der Waals surface area (Å²) in [5.74, 6) is -3.08. The van der Waals surface area contributed by atoms with Gasteiger partial charge in [0.05, 0.1) is 11.3 Å². The molecule has 0 aliphatic carbocycles. The molecule has 0 spiro atoms. The number of benzene rings is 2. The highest BCUT2D eigenvalue weighted by Gasteiger charge is 2.22. The van der Waals surface area contributed by atoms with Crippen LogP contribution >= 0.6 is 0 Å². The Morgan fingerprint density at radius 2 is 1.58 bits per heavy atom. The van der Waals surface area contributed by atoms with E-state index in [9.17, 15) is 14.4 Å². The van der Waals surface area contributed by atoms with Crippen LogP contribution < -0.4 is 10.6 Å². The smallest absolute Gasteiger partial charge is 0.337 e. The highest BCUT2D eigenvalue weighted by atomic mass is 16.4. The van der Waals surface area contributed by atoms with Gasteiger partial charge >= 0.3 is 5.97 Å². The van der Waals surface area contributed by atoms with Crippen molar-refractivity contribution in [2.75, 3.05) is 5.32 Å². The van der Waals surface area contributed by atoms with Crippen molar-refractivity contribution in [3.8, 4) is 0 Å². The van der Waals surface area contributed by atoms with Gasteiger partial charge in [-0.15, -0.1) is 0 Å². The van der Waals surface area contributed by atoms with Crippen LogP contribution in [0.15, 0.2) is 54.6 Å². The SMILES string of the molecule is CC(C(=O)NCc1ccccc1)C(=O)Nc1ccccc1C(=O)O. The summed E-state index contributed by atoms with van der Waals surface area (Å²) in [5.41, 5.74) is 1.06. The summed E-state index contributed by atoms with van der Waals surface area (Å²) in [6.45, 7) is 1.79. The number of para-hydroxylation sites is 1. The third-order valence-corrected chi connectivity index (χ3v) is 3.51. The molecule has 1 unspecified atom stereocenters. The molecule has 0 aliphatic heterocycles. The normalized spacial score (nSPS) is 11.4. The van der Waals surface area contributed by atoms with Gasteiger partial charge in [-0.05, 0) is 24.6 Å². The summed E-state index contributed by atoms with van der Waals surface area (Å²) in [7, 11) is 0. The number of carboxylic acid groups (broad SMARTS) is 1. The molecule has 6 heteroatoms. The zero-order valence-corrected chi connectivity index (χ0v) is 13.2. The van der Waals surface area contributed by atoms with Crippen molar-refractivity contribution in [3.63, 3.8) is 0 Å². The minimum atomic E-state index is -1.15. The Morgan fingerprint density at radius 3 is 2.25 bits per heavy atom. The fourth-order valence-electron chi connectivity index (χ4n) is 2.08. The van der Waals surface area contributed by atoms with Crippen molar-refractivity contribution in [1.29, 1.82) is 0 Å². The van der Waals surface area contributed by atoms with Crippen molar-refractivity contribution in [2.24, 2.45) is 5.92 Å². The topological polar surface area (TPSA) is 95.5 Å². The van der Waals surface area contributed by atoms with Crippen molar-refractivity contribution < 1.29 is 19.5 Å². The minimum absolute atomic E-state index is 0.0252. The number of carbonyl (C=O) groups excluding carboxylic acids is 2. The zero-order valence-electron chi connectivity index (χ0n) is 13.2. The van der Waals surface area contributed by atoms with Crippen LogP contribution in [-0.4, -0.2) is 22.9 Å². The van der Waals surface area contributed by atoms with Crippen LogP contribution in [0.25, 0.3) is 0 Å². The Morgan fingerprint density at radius 1 is 0.958 bits per heavy atom. The van der Waals surface area contributed by atoms with Gasteiger partial charge in [-0.1, -0.05) is 42.5 Å². The van der Waals surface area contributed by atoms with Gasteiger partial charge < -0.3 is 15.7 Å². The summed E-state index contributed by atoms with van der Waals surface area (Å²) in [5, 5.41) is 14.3. The van der Waals surface area contributed by atoms with Gasteiger partial charge in [-0.25, -0.2) is 4.79 Å². The molecule has 0 heterocycles. The lowest BCUT2D eigenvalue weighted by atomic mass is 10.1. The number of rotatable bonds is 6. The molecule has 3 N–H and O–H groups in total. The van der Waals surface area contributed by atoms with Crippen molar-refractivity contribution in [2.45, 2.75) is 13.5 Å². The summed E-state index contributed by atoms with van der Waals surface area (Å²) in [6, 6.07) is 15.4. The summed E-state index contributed by atoms with van der Waals surface area (Å²) in [4.78, 5) is 35.4. The molecule has 0 bridgehead atoms. The first-order valence-corrected chi connectivity index (χ1v) is 7.44. The Hall–Kier alpha value is -3.15. The van der Waals surface area contributed by atoms with Gasteiger partial charge in [0.15, 0.2) is 0 Å². The summed E-state index contributed by atoms with van der Waals surface area (Å²) >= 11 is 0. The minimum Gasteiger partial charge on any atom is -0.478 e. The number of amides is 2. The first-order chi connectivity index (χ1) is 11.5. The Labute approximate surface area is 139 Å². The molecule has 24 heavy (non-hydrogen) atoms. The number of hydrogen-bond donors (Lipinski definition) is 3. The molecule has 2 aromatic rings. The average Bonchev–Trinajstić information content (AvgIpc) is 2.60. The molecule has 0 radical (unpaired) electrons. The van der Waals surface area contributed by atoms with E-state index < -0.39 is 23.7 Å². The number of anilines is 1. The van der Waals surface area contributed by atoms with E-state index in [1.165, 1.54) is 19.1 Å². The van der Waals surface area contributed by atoms with Crippen LogP contribution in [0.5, 0.6) is 0 Å². The number of carboxylic acids is 1. The maximum absolute atomic E-state index is 12.2. The predicted octanol–water partition coefficient (Wildman–Crippen LogP) is 2.28. The molecule has 2 aromatic carbocycles. The lowest BCUT2D eigenvalue weighted by Gasteiger charge is -2.14. The molecule has 0 aliphatic rings. The van der Waals surface area contributed by atoms with Crippen molar-refractivity contribution in [3.05, 3.63) is 65.7 Å². The second kappa shape index (κ2) is 7.92. The summed E-state index contributed by atoms with van der Waals surface area (Å²) < 4.78 is 0. The van der Waals surface area contributed by atoms with E-state index in [-0.39, 0.29) is 11.3 Å². The van der Waals surface area contributed by atoms with E-state index in [0.717, 1.165) is 5.56 Å².